The van der Waals surface area contributed by atoms with Crippen LogP contribution in [0.15, 0.2) is 36.9 Å². The number of aryl methyl sites for hydroxylation is 1. The van der Waals surface area contributed by atoms with Crippen LogP contribution in [0.25, 0.3) is 16.2 Å². The monoisotopic (exact) mass is 449 g/mol. The lowest BCUT2D eigenvalue weighted by Crippen LogP contribution is -2.28. The predicted octanol–water partition coefficient (Wildman–Crippen LogP) is 4.72. The Balaban J connectivity index is 1.53. The van der Waals surface area contributed by atoms with Crippen molar-refractivity contribution < 1.29 is 4.79 Å². The molecule has 0 aliphatic heterocycles. The van der Waals surface area contributed by atoms with E-state index in [0.29, 0.717) is 17.4 Å². The molecule has 5 rings (SSSR count). The Hall–Kier alpha value is -3.20. The number of carbonyl (C=O) groups is 1. The first-order valence-corrected chi connectivity index (χ1v) is 11.9. The van der Waals surface area contributed by atoms with E-state index >= 15 is 0 Å². The largest absolute Gasteiger partial charge is 0.379 e. The van der Waals surface area contributed by atoms with Gasteiger partial charge in [0, 0.05) is 17.1 Å². The van der Waals surface area contributed by atoms with Crippen molar-refractivity contribution in [1.82, 2.24) is 29.9 Å². The molecule has 4 aromatic rings. The van der Waals surface area contributed by atoms with E-state index in [1.54, 1.807) is 11.3 Å². The molecular weight excluding hydrogens is 422 g/mol. The number of fused-ring (bicyclic) bond motifs is 1. The first kappa shape index (κ1) is 20.7. The summed E-state index contributed by atoms with van der Waals surface area (Å²) < 4.78 is 2.03. The lowest BCUT2D eigenvalue weighted by molar-refractivity contribution is 0.0938. The summed E-state index contributed by atoms with van der Waals surface area (Å²) in [6.07, 6.45) is 11.3. The van der Waals surface area contributed by atoms with E-state index in [1.807, 2.05) is 29.8 Å². The zero-order valence-corrected chi connectivity index (χ0v) is 19.1. The minimum Gasteiger partial charge on any atom is -0.379 e. The number of pyridine rings is 1. The molecule has 1 aliphatic rings. The van der Waals surface area contributed by atoms with Crippen LogP contribution in [0.2, 0.25) is 0 Å². The number of rotatable bonds is 6. The average Bonchev–Trinajstić information content (AvgIpc) is 3.55. The van der Waals surface area contributed by atoms with Gasteiger partial charge in [-0.05, 0) is 44.9 Å². The topological polar surface area (TPSA) is 100 Å². The number of aromatic nitrogens is 5. The third kappa shape index (κ3) is 4.12. The smallest absolute Gasteiger partial charge is 0.253 e. The van der Waals surface area contributed by atoms with E-state index in [0.717, 1.165) is 34.7 Å². The Kier molecular flexibility index (Phi) is 5.65. The summed E-state index contributed by atoms with van der Waals surface area (Å²) in [7, 11) is 0. The fourth-order valence-electron chi connectivity index (χ4n) is 4.31. The van der Waals surface area contributed by atoms with Gasteiger partial charge in [-0.3, -0.25) is 9.20 Å². The normalized spacial score (nSPS) is 15.7. The molecule has 0 spiro atoms. The highest BCUT2D eigenvalue weighted by Gasteiger charge is 2.20. The molecule has 0 saturated heterocycles. The molecule has 1 saturated carbocycles. The highest BCUT2D eigenvalue weighted by molar-refractivity contribution is 7.15. The Bertz CT molecular complexity index is 1220. The first-order valence-electron chi connectivity index (χ1n) is 11.1. The van der Waals surface area contributed by atoms with Crippen molar-refractivity contribution in [3.8, 4) is 10.6 Å². The van der Waals surface area contributed by atoms with Gasteiger partial charge in [0.25, 0.3) is 5.91 Å². The summed E-state index contributed by atoms with van der Waals surface area (Å²) in [5.74, 6) is 0.460. The van der Waals surface area contributed by atoms with Crippen LogP contribution in [-0.4, -0.2) is 36.5 Å². The second kappa shape index (κ2) is 8.74. The number of thiophene rings is 1. The van der Waals surface area contributed by atoms with Crippen molar-refractivity contribution >= 4 is 28.6 Å². The summed E-state index contributed by atoms with van der Waals surface area (Å²) in [6.45, 7) is 3.98. The van der Waals surface area contributed by atoms with E-state index in [9.17, 15) is 4.79 Å². The second-order valence-electron chi connectivity index (χ2n) is 8.44. The van der Waals surface area contributed by atoms with Crippen molar-refractivity contribution in [2.75, 3.05) is 5.32 Å². The number of hydrogen-bond donors (Lipinski definition) is 3. The number of amides is 1. The number of H-pyrrole nitrogens is 1. The molecule has 1 atom stereocenters. The molecule has 4 heterocycles. The standard InChI is InChI=1S/C23H27N7OS/c1-14-8-9-20(32-14)19-11-24-22-18(28-17-6-4-3-5-7-17)10-16(12-30(19)22)23(31)27-15(2)21-25-13-26-29-21/h8-13,15,17,28H,3-7H2,1-2H3,(H,27,31)(H,25,26,29)/t15-/m0/s1. The van der Waals surface area contributed by atoms with E-state index in [-0.39, 0.29) is 11.9 Å². The summed E-state index contributed by atoms with van der Waals surface area (Å²) in [5.41, 5.74) is 3.31. The van der Waals surface area contributed by atoms with Gasteiger partial charge in [0.05, 0.1) is 34.1 Å². The van der Waals surface area contributed by atoms with Crippen LogP contribution in [0.3, 0.4) is 0 Å². The van der Waals surface area contributed by atoms with Gasteiger partial charge in [-0.2, -0.15) is 0 Å². The highest BCUT2D eigenvalue weighted by atomic mass is 32.1. The number of imidazole rings is 1. The predicted molar refractivity (Wildman–Crippen MR) is 126 cm³/mol. The molecule has 0 unspecified atom stereocenters. The van der Waals surface area contributed by atoms with E-state index < -0.39 is 0 Å². The molecule has 0 aromatic carbocycles. The van der Waals surface area contributed by atoms with Crippen LogP contribution in [0, 0.1) is 6.92 Å². The fraction of sp³-hybridized carbons (Fsp3) is 0.391. The Morgan fingerprint density at radius 1 is 1.28 bits per heavy atom. The lowest BCUT2D eigenvalue weighted by Gasteiger charge is -2.24. The molecule has 8 nitrogen and oxygen atoms in total. The quantitative estimate of drug-likeness (QED) is 0.395. The number of aromatic amines is 1. The number of carbonyl (C=O) groups excluding carboxylic acids is 1. The minimum atomic E-state index is -0.280. The van der Waals surface area contributed by atoms with E-state index in [4.69, 9.17) is 4.98 Å². The highest BCUT2D eigenvalue weighted by Crippen LogP contribution is 2.32. The van der Waals surface area contributed by atoms with Crippen LogP contribution >= 0.6 is 11.3 Å². The average molecular weight is 450 g/mol. The van der Waals surface area contributed by atoms with Gasteiger partial charge < -0.3 is 15.6 Å². The molecule has 3 N–H and O–H groups in total. The summed E-state index contributed by atoms with van der Waals surface area (Å²) in [4.78, 5) is 23.2. The number of nitrogens with one attached hydrogen (secondary N) is 3. The maximum absolute atomic E-state index is 13.2. The van der Waals surface area contributed by atoms with Crippen molar-refractivity contribution in [2.24, 2.45) is 0 Å². The molecule has 1 aliphatic carbocycles. The Morgan fingerprint density at radius 2 is 2.12 bits per heavy atom. The second-order valence-corrected chi connectivity index (χ2v) is 9.73. The third-order valence-electron chi connectivity index (χ3n) is 6.02. The van der Waals surface area contributed by atoms with E-state index in [1.165, 1.54) is 30.5 Å². The van der Waals surface area contributed by atoms with Crippen LogP contribution in [0.4, 0.5) is 5.69 Å². The summed E-state index contributed by atoms with van der Waals surface area (Å²) in [5, 5.41) is 14.5. The molecular formula is C23H27N7OS. The van der Waals surface area contributed by atoms with Gasteiger partial charge in [0.15, 0.2) is 11.5 Å². The molecule has 1 amide bonds. The van der Waals surface area contributed by atoms with Crippen molar-refractivity contribution in [2.45, 2.75) is 58.0 Å². The van der Waals surface area contributed by atoms with Crippen molar-refractivity contribution in [1.29, 1.82) is 0 Å². The summed E-state index contributed by atoms with van der Waals surface area (Å²) >= 11 is 1.72. The molecule has 32 heavy (non-hydrogen) atoms. The van der Waals surface area contributed by atoms with Crippen molar-refractivity contribution in [3.05, 3.63) is 53.2 Å². The molecule has 1 fully saturated rings. The number of anilines is 1. The van der Waals surface area contributed by atoms with Gasteiger partial charge in [-0.25, -0.2) is 4.98 Å². The number of nitrogens with zero attached hydrogens (tertiary/aromatic N) is 4. The third-order valence-corrected chi connectivity index (χ3v) is 7.04. The van der Waals surface area contributed by atoms with Crippen LogP contribution < -0.4 is 10.6 Å². The van der Waals surface area contributed by atoms with Crippen LogP contribution in [0.5, 0.6) is 0 Å². The Labute approximate surface area is 190 Å². The van der Waals surface area contributed by atoms with Gasteiger partial charge >= 0.3 is 0 Å². The van der Waals surface area contributed by atoms with Gasteiger partial charge in [0.2, 0.25) is 0 Å². The van der Waals surface area contributed by atoms with Crippen molar-refractivity contribution in [3.63, 3.8) is 0 Å². The maximum Gasteiger partial charge on any atom is 0.253 e. The zero-order valence-electron chi connectivity index (χ0n) is 18.3. The maximum atomic E-state index is 13.2. The Morgan fingerprint density at radius 3 is 2.84 bits per heavy atom. The minimum absolute atomic E-state index is 0.162. The fourth-order valence-corrected chi connectivity index (χ4v) is 5.19. The SMILES string of the molecule is Cc1ccc(-c2cnc3c(NC4CCCCC4)cc(C(=O)N[C@@H](C)c4nnc[nH]4)cn23)s1. The molecule has 4 aromatic heterocycles. The van der Waals surface area contributed by atoms with Gasteiger partial charge in [-0.15, -0.1) is 21.5 Å². The number of hydrogen-bond acceptors (Lipinski definition) is 6. The zero-order chi connectivity index (χ0) is 22.1. The molecule has 0 radical (unpaired) electrons. The lowest BCUT2D eigenvalue weighted by atomic mass is 9.95. The molecule has 0 bridgehead atoms. The van der Waals surface area contributed by atoms with Crippen LogP contribution in [0.1, 0.15) is 66.1 Å². The summed E-state index contributed by atoms with van der Waals surface area (Å²) in [6, 6.07) is 6.26. The first-order chi connectivity index (χ1) is 15.6. The van der Waals surface area contributed by atoms with Gasteiger partial charge in [0.1, 0.15) is 6.33 Å². The molecule has 9 heteroatoms. The molecule has 166 valence electrons. The van der Waals surface area contributed by atoms with Gasteiger partial charge in [-0.1, -0.05) is 19.3 Å². The van der Waals surface area contributed by atoms with E-state index in [2.05, 4.69) is 44.9 Å². The van der Waals surface area contributed by atoms with Crippen LogP contribution in [-0.2, 0) is 0 Å².